The summed E-state index contributed by atoms with van der Waals surface area (Å²) in [5.74, 6) is 0.258. The molecule has 0 N–H and O–H groups in total. The molecule has 0 aliphatic carbocycles. The van der Waals surface area contributed by atoms with Gasteiger partial charge in [-0.15, -0.1) is 22.7 Å². The molecule has 0 radical (unpaired) electrons. The topological polar surface area (TPSA) is 52.0 Å². The van der Waals surface area contributed by atoms with Gasteiger partial charge in [-0.2, -0.15) is 0 Å². The van der Waals surface area contributed by atoms with Crippen LogP contribution in [0.15, 0.2) is 88.1 Å². The second-order valence-electron chi connectivity index (χ2n) is 7.21. The first-order valence-corrected chi connectivity index (χ1v) is 12.7. The van der Waals surface area contributed by atoms with E-state index in [-0.39, 0.29) is 17.1 Å². The van der Waals surface area contributed by atoms with Gasteiger partial charge in [0.2, 0.25) is 0 Å². The van der Waals surface area contributed by atoms with Crippen molar-refractivity contribution < 1.29 is 4.79 Å². The Kier molecular flexibility index (Phi) is 5.78. The fourth-order valence-electron chi connectivity index (χ4n) is 3.47. The number of nitrogens with zero attached hydrogens (tertiary/aromatic N) is 2. The molecule has 0 atom stereocenters. The van der Waals surface area contributed by atoms with E-state index in [9.17, 15) is 9.59 Å². The summed E-state index contributed by atoms with van der Waals surface area (Å²) in [4.78, 5) is 33.5. The highest BCUT2D eigenvalue weighted by Crippen LogP contribution is 2.33. The van der Waals surface area contributed by atoms with Gasteiger partial charge in [-0.05, 0) is 41.6 Å². The fraction of sp³-hybridized carbons (Fsp3) is 0.0800. The van der Waals surface area contributed by atoms with Crippen LogP contribution < -0.4 is 5.56 Å². The van der Waals surface area contributed by atoms with Gasteiger partial charge in [-0.3, -0.25) is 14.2 Å². The molecule has 0 spiro atoms. The van der Waals surface area contributed by atoms with Gasteiger partial charge in [-0.1, -0.05) is 66.4 Å². The summed E-state index contributed by atoms with van der Waals surface area (Å²) in [7, 11) is 0. The van der Waals surface area contributed by atoms with E-state index in [4.69, 9.17) is 4.98 Å². The van der Waals surface area contributed by atoms with Crippen molar-refractivity contribution in [1.82, 2.24) is 9.55 Å². The lowest BCUT2D eigenvalue weighted by molar-refractivity contribution is 0.102. The quantitative estimate of drug-likeness (QED) is 0.161. The van der Waals surface area contributed by atoms with E-state index in [0.717, 1.165) is 21.7 Å². The van der Waals surface area contributed by atoms with Crippen LogP contribution in [-0.4, -0.2) is 21.1 Å². The number of ketones is 1. The number of benzene rings is 2. The van der Waals surface area contributed by atoms with Gasteiger partial charge >= 0.3 is 0 Å². The van der Waals surface area contributed by atoms with Gasteiger partial charge in [0.1, 0.15) is 4.83 Å². The minimum Gasteiger partial charge on any atom is -0.292 e. The van der Waals surface area contributed by atoms with E-state index in [1.54, 1.807) is 4.57 Å². The molecule has 0 bridgehead atoms. The van der Waals surface area contributed by atoms with Crippen LogP contribution in [0.3, 0.4) is 0 Å². The highest BCUT2D eigenvalue weighted by molar-refractivity contribution is 7.99. The maximum Gasteiger partial charge on any atom is 0.267 e. The van der Waals surface area contributed by atoms with Gasteiger partial charge < -0.3 is 0 Å². The summed E-state index contributed by atoms with van der Waals surface area (Å²) in [5, 5.41) is 3.01. The standard InChI is InChI=1S/C25H18N2O2S3/c1-16-8-5-6-11-19(16)27-24(29)18-14-22(17-9-3-2-4-10-17)32-23(18)26-25(27)31-15-20(28)21-12-7-13-30-21/h2-14H,15H2,1H3. The average molecular weight is 475 g/mol. The van der Waals surface area contributed by atoms with Crippen molar-refractivity contribution in [2.24, 2.45) is 0 Å². The number of Topliss-reactive ketones (excluding diaryl/α,β-unsaturated/α-hetero) is 1. The molecule has 32 heavy (non-hydrogen) atoms. The van der Waals surface area contributed by atoms with Crippen molar-refractivity contribution in [2.75, 3.05) is 5.75 Å². The molecule has 5 aromatic rings. The van der Waals surface area contributed by atoms with Crippen molar-refractivity contribution in [3.8, 4) is 16.1 Å². The number of aryl methyl sites for hydroxylation is 1. The minimum atomic E-state index is -0.117. The van der Waals surface area contributed by atoms with Crippen molar-refractivity contribution in [1.29, 1.82) is 0 Å². The number of aromatic nitrogens is 2. The van der Waals surface area contributed by atoms with Crippen LogP contribution in [0.2, 0.25) is 0 Å². The SMILES string of the molecule is Cc1ccccc1-n1c(SCC(=O)c2cccs2)nc2sc(-c3ccccc3)cc2c1=O. The summed E-state index contributed by atoms with van der Waals surface area (Å²) >= 11 is 4.23. The number of para-hydroxylation sites is 1. The number of thioether (sulfide) groups is 1. The normalized spacial score (nSPS) is 11.2. The third kappa shape index (κ3) is 3.95. The lowest BCUT2D eigenvalue weighted by atomic mass is 10.2. The number of rotatable bonds is 6. The molecular formula is C25H18N2O2S3. The molecule has 3 heterocycles. The maximum absolute atomic E-state index is 13.7. The van der Waals surface area contributed by atoms with Crippen LogP contribution in [0, 0.1) is 6.92 Å². The molecule has 0 amide bonds. The second kappa shape index (κ2) is 8.86. The summed E-state index contributed by atoms with van der Waals surface area (Å²) in [6.07, 6.45) is 0. The van der Waals surface area contributed by atoms with E-state index < -0.39 is 0 Å². The van der Waals surface area contributed by atoms with Crippen molar-refractivity contribution in [3.63, 3.8) is 0 Å². The lowest BCUT2D eigenvalue weighted by Crippen LogP contribution is -2.22. The lowest BCUT2D eigenvalue weighted by Gasteiger charge is -2.13. The largest absolute Gasteiger partial charge is 0.292 e. The van der Waals surface area contributed by atoms with E-state index in [1.165, 1.54) is 34.4 Å². The van der Waals surface area contributed by atoms with Crippen LogP contribution in [0.5, 0.6) is 0 Å². The Hall–Kier alpha value is -3.00. The monoisotopic (exact) mass is 474 g/mol. The number of hydrogen-bond acceptors (Lipinski definition) is 6. The van der Waals surface area contributed by atoms with Crippen LogP contribution in [0.1, 0.15) is 15.2 Å². The Morgan fingerprint density at radius 2 is 1.81 bits per heavy atom. The molecule has 5 rings (SSSR count). The molecule has 7 heteroatoms. The molecule has 0 saturated carbocycles. The van der Waals surface area contributed by atoms with Gasteiger partial charge in [-0.25, -0.2) is 4.98 Å². The summed E-state index contributed by atoms with van der Waals surface area (Å²) in [5.41, 5.74) is 2.69. The Morgan fingerprint density at radius 3 is 2.56 bits per heavy atom. The van der Waals surface area contributed by atoms with Gasteiger partial charge in [0.25, 0.3) is 5.56 Å². The molecule has 0 aliphatic heterocycles. The van der Waals surface area contributed by atoms with Gasteiger partial charge in [0, 0.05) is 4.88 Å². The molecule has 0 aliphatic rings. The average Bonchev–Trinajstić information content (AvgIpc) is 3.50. The van der Waals surface area contributed by atoms with E-state index in [1.807, 2.05) is 85.1 Å². The highest BCUT2D eigenvalue weighted by atomic mass is 32.2. The van der Waals surface area contributed by atoms with Crippen molar-refractivity contribution in [2.45, 2.75) is 12.1 Å². The first-order valence-electron chi connectivity index (χ1n) is 9.99. The highest BCUT2D eigenvalue weighted by Gasteiger charge is 2.19. The number of thiophene rings is 2. The van der Waals surface area contributed by atoms with Gasteiger partial charge in [0.05, 0.1) is 21.7 Å². The van der Waals surface area contributed by atoms with E-state index in [0.29, 0.717) is 20.3 Å². The molecule has 4 nitrogen and oxygen atoms in total. The molecule has 0 saturated heterocycles. The molecule has 2 aromatic carbocycles. The molecular weight excluding hydrogens is 456 g/mol. The summed E-state index contributed by atoms with van der Waals surface area (Å²) in [6, 6.07) is 23.3. The molecule has 0 unspecified atom stereocenters. The third-order valence-corrected chi connectivity index (χ3v) is 8.00. The maximum atomic E-state index is 13.7. The Labute approximate surface area is 197 Å². The zero-order chi connectivity index (χ0) is 22.1. The predicted octanol–water partition coefficient (Wildman–Crippen LogP) is 6.46. The third-order valence-electron chi connectivity index (χ3n) is 5.08. The Balaban J connectivity index is 1.64. The van der Waals surface area contributed by atoms with E-state index >= 15 is 0 Å². The Bertz CT molecular complexity index is 1470. The first kappa shape index (κ1) is 20.9. The minimum absolute atomic E-state index is 0.0341. The Morgan fingerprint density at radius 1 is 1.03 bits per heavy atom. The van der Waals surface area contributed by atoms with Gasteiger partial charge in [0.15, 0.2) is 10.9 Å². The molecule has 3 aromatic heterocycles. The zero-order valence-electron chi connectivity index (χ0n) is 17.1. The van der Waals surface area contributed by atoms with Crippen LogP contribution in [0.25, 0.3) is 26.3 Å². The van der Waals surface area contributed by atoms with E-state index in [2.05, 4.69) is 0 Å². The van der Waals surface area contributed by atoms with Crippen molar-refractivity contribution >= 4 is 50.4 Å². The number of fused-ring (bicyclic) bond motifs is 1. The smallest absolute Gasteiger partial charge is 0.267 e. The summed E-state index contributed by atoms with van der Waals surface area (Å²) < 4.78 is 1.64. The molecule has 0 fully saturated rings. The fourth-order valence-corrected chi connectivity index (χ4v) is 6.19. The number of carbonyl (C=O) groups is 1. The summed E-state index contributed by atoms with van der Waals surface area (Å²) in [6.45, 7) is 1.97. The zero-order valence-corrected chi connectivity index (χ0v) is 19.6. The van der Waals surface area contributed by atoms with Crippen LogP contribution in [-0.2, 0) is 0 Å². The second-order valence-corrected chi connectivity index (χ2v) is 10.1. The first-order chi connectivity index (χ1) is 15.6. The van der Waals surface area contributed by atoms with Crippen molar-refractivity contribution in [3.05, 3.63) is 99.0 Å². The van der Waals surface area contributed by atoms with Crippen LogP contribution >= 0.6 is 34.4 Å². The predicted molar refractivity (Wildman–Crippen MR) is 135 cm³/mol. The number of carbonyl (C=O) groups excluding carboxylic acids is 1. The number of hydrogen-bond donors (Lipinski definition) is 0. The molecule has 158 valence electrons. The van der Waals surface area contributed by atoms with Crippen LogP contribution in [0.4, 0.5) is 0 Å².